The number of aliphatic hydroxyl groups excluding tert-OH is 1. The van der Waals surface area contributed by atoms with Gasteiger partial charge in [-0.05, 0) is 56.8 Å². The second kappa shape index (κ2) is 8.10. The third-order valence-electron chi connectivity index (χ3n) is 5.60. The van der Waals surface area contributed by atoms with Gasteiger partial charge in [-0.15, -0.1) is 0 Å². The van der Waals surface area contributed by atoms with Crippen LogP contribution in [0.1, 0.15) is 31.2 Å². The number of aliphatic hydroxyl groups is 1. The minimum atomic E-state index is -0.763. The van der Waals surface area contributed by atoms with Crippen LogP contribution in [0, 0.1) is 11.2 Å². The standard InChI is InChI=1S/C20H25FN2O3/c21-17-14-22-18-6-2-1-4-16(18)15(17)5-3-7-20(19(25)26)8-10-23(11-9-20)12-13-24/h1-2,4,6,14,24H,3,5,7-13H2,(H,25,26). The molecule has 26 heavy (non-hydrogen) atoms. The summed E-state index contributed by atoms with van der Waals surface area (Å²) >= 11 is 0. The van der Waals surface area contributed by atoms with Crippen molar-refractivity contribution in [2.24, 2.45) is 5.41 Å². The summed E-state index contributed by atoms with van der Waals surface area (Å²) in [6.45, 7) is 2.04. The number of carboxylic acids is 1. The molecule has 2 heterocycles. The van der Waals surface area contributed by atoms with E-state index in [0.717, 1.165) is 10.9 Å². The van der Waals surface area contributed by atoms with Gasteiger partial charge in [0, 0.05) is 11.9 Å². The van der Waals surface area contributed by atoms with Gasteiger partial charge < -0.3 is 15.1 Å². The van der Waals surface area contributed by atoms with Crippen LogP contribution in [0.2, 0.25) is 0 Å². The van der Waals surface area contributed by atoms with E-state index in [2.05, 4.69) is 9.88 Å². The largest absolute Gasteiger partial charge is 0.481 e. The highest BCUT2D eigenvalue weighted by atomic mass is 19.1. The van der Waals surface area contributed by atoms with E-state index in [4.69, 9.17) is 5.11 Å². The first kappa shape index (κ1) is 18.7. The molecule has 6 heteroatoms. The molecule has 1 fully saturated rings. The quantitative estimate of drug-likeness (QED) is 0.794. The highest BCUT2D eigenvalue weighted by Crippen LogP contribution is 2.37. The molecular weight excluding hydrogens is 335 g/mol. The molecule has 1 aliphatic rings. The lowest BCUT2D eigenvalue weighted by molar-refractivity contribution is -0.152. The fourth-order valence-electron chi connectivity index (χ4n) is 3.95. The maximum atomic E-state index is 14.3. The topological polar surface area (TPSA) is 73.7 Å². The molecule has 3 rings (SSSR count). The zero-order valence-electron chi connectivity index (χ0n) is 14.8. The van der Waals surface area contributed by atoms with Crippen molar-refractivity contribution in [2.75, 3.05) is 26.2 Å². The summed E-state index contributed by atoms with van der Waals surface area (Å²) < 4.78 is 14.3. The summed E-state index contributed by atoms with van der Waals surface area (Å²) in [6, 6.07) is 7.45. The van der Waals surface area contributed by atoms with Gasteiger partial charge in [0.2, 0.25) is 0 Å². The van der Waals surface area contributed by atoms with Gasteiger partial charge in [-0.2, -0.15) is 0 Å². The van der Waals surface area contributed by atoms with E-state index in [0.29, 0.717) is 57.3 Å². The van der Waals surface area contributed by atoms with Gasteiger partial charge in [0.15, 0.2) is 0 Å². The van der Waals surface area contributed by atoms with Crippen molar-refractivity contribution in [2.45, 2.75) is 32.1 Å². The Hall–Kier alpha value is -2.05. The van der Waals surface area contributed by atoms with Crippen molar-refractivity contribution in [3.05, 3.63) is 41.8 Å². The highest BCUT2D eigenvalue weighted by molar-refractivity contribution is 5.82. The molecule has 1 aliphatic heterocycles. The van der Waals surface area contributed by atoms with Crippen LogP contribution in [-0.2, 0) is 11.2 Å². The average molecular weight is 360 g/mol. The van der Waals surface area contributed by atoms with Crippen LogP contribution >= 0.6 is 0 Å². The van der Waals surface area contributed by atoms with E-state index in [1.165, 1.54) is 6.20 Å². The molecule has 2 N–H and O–H groups in total. The Morgan fingerprint density at radius 1 is 1.27 bits per heavy atom. The number of para-hydroxylation sites is 1. The van der Waals surface area contributed by atoms with Crippen molar-refractivity contribution in [3.63, 3.8) is 0 Å². The van der Waals surface area contributed by atoms with Crippen molar-refractivity contribution < 1.29 is 19.4 Å². The van der Waals surface area contributed by atoms with Crippen LogP contribution in [0.4, 0.5) is 4.39 Å². The number of rotatable bonds is 7. The van der Waals surface area contributed by atoms with Crippen LogP contribution in [0.25, 0.3) is 10.9 Å². The number of hydrogen-bond acceptors (Lipinski definition) is 4. The number of pyridine rings is 1. The lowest BCUT2D eigenvalue weighted by Gasteiger charge is -2.38. The molecule has 0 radical (unpaired) electrons. The molecule has 1 saturated heterocycles. The molecule has 0 saturated carbocycles. The van der Waals surface area contributed by atoms with Crippen molar-refractivity contribution in [3.8, 4) is 0 Å². The Kier molecular flexibility index (Phi) is 5.84. The number of aryl methyl sites for hydroxylation is 1. The van der Waals surface area contributed by atoms with Gasteiger partial charge in [-0.3, -0.25) is 9.78 Å². The van der Waals surface area contributed by atoms with Gasteiger partial charge in [-0.1, -0.05) is 18.2 Å². The summed E-state index contributed by atoms with van der Waals surface area (Å²) in [5.41, 5.74) is 0.633. The van der Waals surface area contributed by atoms with E-state index in [9.17, 15) is 14.3 Å². The molecule has 0 atom stereocenters. The highest BCUT2D eigenvalue weighted by Gasteiger charge is 2.40. The average Bonchev–Trinajstić information content (AvgIpc) is 2.65. The van der Waals surface area contributed by atoms with Gasteiger partial charge in [0.05, 0.1) is 23.7 Å². The molecule has 0 amide bonds. The fourth-order valence-corrected chi connectivity index (χ4v) is 3.95. The number of β-amino-alcohol motifs (C(OH)–C–C–N with tert-alkyl or cyclic N) is 1. The Labute approximate surface area is 152 Å². The molecule has 5 nitrogen and oxygen atoms in total. The summed E-state index contributed by atoms with van der Waals surface area (Å²) in [5, 5.41) is 19.6. The molecule has 0 aliphatic carbocycles. The molecule has 1 aromatic heterocycles. The van der Waals surface area contributed by atoms with Crippen LogP contribution < -0.4 is 0 Å². The number of fused-ring (bicyclic) bond motifs is 1. The molecule has 2 aromatic rings. The number of likely N-dealkylation sites (tertiary alicyclic amines) is 1. The van der Waals surface area contributed by atoms with Crippen LogP contribution in [-0.4, -0.2) is 52.3 Å². The van der Waals surface area contributed by atoms with E-state index in [1.807, 2.05) is 24.3 Å². The Morgan fingerprint density at radius 2 is 2.00 bits per heavy atom. The maximum absolute atomic E-state index is 14.3. The van der Waals surface area contributed by atoms with Crippen LogP contribution in [0.5, 0.6) is 0 Å². The molecule has 0 spiro atoms. The number of nitrogens with zero attached hydrogens (tertiary/aromatic N) is 2. The van der Waals surface area contributed by atoms with E-state index < -0.39 is 11.4 Å². The number of piperidine rings is 1. The SMILES string of the molecule is O=C(O)C1(CCCc2c(F)cnc3ccccc23)CCN(CCO)CC1. The third kappa shape index (κ3) is 3.86. The van der Waals surface area contributed by atoms with Crippen molar-refractivity contribution >= 4 is 16.9 Å². The Balaban J connectivity index is 1.68. The number of carbonyl (C=O) groups is 1. The summed E-state index contributed by atoms with van der Waals surface area (Å²) in [6.07, 6.45) is 4.05. The lowest BCUT2D eigenvalue weighted by atomic mass is 9.74. The molecule has 140 valence electrons. The van der Waals surface area contributed by atoms with Gasteiger partial charge in [-0.25, -0.2) is 4.39 Å². The maximum Gasteiger partial charge on any atom is 0.309 e. The van der Waals surface area contributed by atoms with E-state index in [1.54, 1.807) is 0 Å². The predicted molar refractivity (Wildman–Crippen MR) is 97.5 cm³/mol. The third-order valence-corrected chi connectivity index (χ3v) is 5.60. The van der Waals surface area contributed by atoms with Crippen LogP contribution in [0.3, 0.4) is 0 Å². The van der Waals surface area contributed by atoms with Crippen molar-refractivity contribution in [1.29, 1.82) is 0 Å². The number of benzene rings is 1. The van der Waals surface area contributed by atoms with E-state index >= 15 is 0 Å². The predicted octanol–water partition coefficient (Wildman–Crippen LogP) is 2.86. The second-order valence-corrected chi connectivity index (χ2v) is 7.11. The van der Waals surface area contributed by atoms with Crippen molar-refractivity contribution in [1.82, 2.24) is 9.88 Å². The first-order valence-electron chi connectivity index (χ1n) is 9.14. The van der Waals surface area contributed by atoms with Crippen LogP contribution in [0.15, 0.2) is 30.5 Å². The molecule has 0 unspecified atom stereocenters. The van der Waals surface area contributed by atoms with Gasteiger partial charge in [0.1, 0.15) is 5.82 Å². The first-order valence-corrected chi connectivity index (χ1v) is 9.14. The number of aliphatic carboxylic acids is 1. The smallest absolute Gasteiger partial charge is 0.309 e. The zero-order valence-corrected chi connectivity index (χ0v) is 14.8. The fraction of sp³-hybridized carbons (Fsp3) is 0.500. The Morgan fingerprint density at radius 3 is 2.69 bits per heavy atom. The second-order valence-electron chi connectivity index (χ2n) is 7.11. The number of aromatic nitrogens is 1. The van der Waals surface area contributed by atoms with E-state index in [-0.39, 0.29) is 12.4 Å². The Bertz CT molecular complexity index is 773. The monoisotopic (exact) mass is 360 g/mol. The number of halogens is 1. The summed E-state index contributed by atoms with van der Waals surface area (Å²) in [5.74, 6) is -1.09. The zero-order chi connectivity index (χ0) is 18.6. The molecular formula is C20H25FN2O3. The lowest BCUT2D eigenvalue weighted by Crippen LogP contribution is -2.45. The first-order chi connectivity index (χ1) is 12.6. The van der Waals surface area contributed by atoms with Gasteiger partial charge in [0.25, 0.3) is 0 Å². The number of hydrogen-bond donors (Lipinski definition) is 2. The minimum absolute atomic E-state index is 0.0917. The molecule has 1 aromatic carbocycles. The van der Waals surface area contributed by atoms with Gasteiger partial charge >= 0.3 is 5.97 Å². The number of carboxylic acid groups (broad SMARTS) is 1. The summed E-state index contributed by atoms with van der Waals surface area (Å²) in [7, 11) is 0. The molecule has 0 bridgehead atoms. The normalized spacial score (nSPS) is 17.5. The minimum Gasteiger partial charge on any atom is -0.481 e. The summed E-state index contributed by atoms with van der Waals surface area (Å²) in [4.78, 5) is 18.1.